The molecule has 0 atom stereocenters. The predicted octanol–water partition coefficient (Wildman–Crippen LogP) is 0.750. The second kappa shape index (κ2) is 5.30. The molecule has 0 spiro atoms. The van der Waals surface area contributed by atoms with Gasteiger partial charge in [0.05, 0.1) is 0 Å². The van der Waals surface area contributed by atoms with E-state index in [1.807, 2.05) is 0 Å². The van der Waals surface area contributed by atoms with Crippen molar-refractivity contribution in [3.05, 3.63) is 29.3 Å². The van der Waals surface area contributed by atoms with Gasteiger partial charge in [-0.1, -0.05) is 0 Å². The number of benzene rings is 1. The molecule has 1 heterocycles. The third-order valence-corrected chi connectivity index (χ3v) is 2.94. The molecule has 1 saturated heterocycles. The number of carbonyl (C=O) groups is 1. The van der Waals surface area contributed by atoms with E-state index >= 15 is 0 Å². The molecule has 2 rings (SSSR count). The summed E-state index contributed by atoms with van der Waals surface area (Å²) in [6.45, 7) is 1.17. The van der Waals surface area contributed by atoms with Gasteiger partial charge in [-0.15, -0.1) is 0 Å². The molecule has 0 aliphatic carbocycles. The van der Waals surface area contributed by atoms with Crippen molar-refractivity contribution in [3.63, 3.8) is 0 Å². The molecule has 1 amide bonds. The van der Waals surface area contributed by atoms with Crippen LogP contribution in [0.4, 0.5) is 14.5 Å². The summed E-state index contributed by atoms with van der Waals surface area (Å²) in [5.74, 6) is -1.37. The van der Waals surface area contributed by atoms with Crippen LogP contribution in [0.15, 0.2) is 12.1 Å². The second-order valence-electron chi connectivity index (χ2n) is 4.20. The quantitative estimate of drug-likeness (QED) is 0.820. The number of carbonyl (C=O) groups excluding carboxylic acids is 1. The fourth-order valence-corrected chi connectivity index (χ4v) is 2.03. The molecular formula is C12H15F2N3O. The van der Waals surface area contributed by atoms with Crippen molar-refractivity contribution >= 4 is 11.6 Å². The van der Waals surface area contributed by atoms with Gasteiger partial charge in [0.2, 0.25) is 5.91 Å². The molecule has 0 bridgehead atoms. The first kappa shape index (κ1) is 12.8. The minimum Gasteiger partial charge on any atom is -0.365 e. The standard InChI is InChI=1S/C12H15F2N3O/c13-9-5-8(7-15)6-10(14)12(9)17-3-1-11(18)16-2-4-17/h5-6H,1-4,7,15H2,(H,16,18). The van der Waals surface area contributed by atoms with Crippen LogP contribution in [-0.4, -0.2) is 25.5 Å². The summed E-state index contributed by atoms with van der Waals surface area (Å²) in [6.07, 6.45) is 0.234. The summed E-state index contributed by atoms with van der Waals surface area (Å²) in [4.78, 5) is 12.7. The average Bonchev–Trinajstić information content (AvgIpc) is 2.53. The van der Waals surface area contributed by atoms with Crippen molar-refractivity contribution in [1.82, 2.24) is 5.32 Å². The van der Waals surface area contributed by atoms with Crippen LogP contribution in [0.25, 0.3) is 0 Å². The van der Waals surface area contributed by atoms with Crippen molar-refractivity contribution in [2.24, 2.45) is 5.73 Å². The third kappa shape index (κ3) is 2.59. The van der Waals surface area contributed by atoms with Crippen molar-refractivity contribution in [2.45, 2.75) is 13.0 Å². The first-order chi connectivity index (χ1) is 8.61. The molecule has 1 aromatic rings. The molecule has 1 aliphatic heterocycles. The highest BCUT2D eigenvalue weighted by molar-refractivity contribution is 5.77. The van der Waals surface area contributed by atoms with Crippen molar-refractivity contribution in [3.8, 4) is 0 Å². The van der Waals surface area contributed by atoms with Crippen LogP contribution in [0.2, 0.25) is 0 Å². The van der Waals surface area contributed by atoms with Crippen LogP contribution in [0.3, 0.4) is 0 Å². The summed E-state index contributed by atoms with van der Waals surface area (Å²) in [5, 5.41) is 2.66. The van der Waals surface area contributed by atoms with Gasteiger partial charge in [-0.2, -0.15) is 0 Å². The SMILES string of the molecule is NCc1cc(F)c(N2CCNC(=O)CC2)c(F)c1. The zero-order chi connectivity index (χ0) is 13.1. The fraction of sp³-hybridized carbons (Fsp3) is 0.417. The summed E-state index contributed by atoms with van der Waals surface area (Å²) in [5.41, 5.74) is 5.69. The summed E-state index contributed by atoms with van der Waals surface area (Å²) >= 11 is 0. The first-order valence-corrected chi connectivity index (χ1v) is 5.81. The molecule has 98 valence electrons. The summed E-state index contributed by atoms with van der Waals surface area (Å²) < 4.78 is 27.7. The normalized spacial score (nSPS) is 16.4. The Morgan fingerprint density at radius 1 is 1.28 bits per heavy atom. The van der Waals surface area contributed by atoms with E-state index < -0.39 is 11.6 Å². The van der Waals surface area contributed by atoms with Crippen molar-refractivity contribution in [1.29, 1.82) is 0 Å². The van der Waals surface area contributed by atoms with E-state index in [1.54, 1.807) is 4.90 Å². The lowest BCUT2D eigenvalue weighted by Crippen LogP contribution is -2.29. The maximum atomic E-state index is 13.9. The molecule has 6 heteroatoms. The molecule has 1 aromatic carbocycles. The van der Waals surface area contributed by atoms with E-state index in [9.17, 15) is 13.6 Å². The lowest BCUT2D eigenvalue weighted by atomic mass is 10.1. The van der Waals surface area contributed by atoms with Crippen LogP contribution in [0.1, 0.15) is 12.0 Å². The Balaban J connectivity index is 2.29. The van der Waals surface area contributed by atoms with Crippen LogP contribution in [0.5, 0.6) is 0 Å². The lowest BCUT2D eigenvalue weighted by Gasteiger charge is -2.23. The van der Waals surface area contributed by atoms with E-state index in [4.69, 9.17) is 5.73 Å². The number of hydrogen-bond acceptors (Lipinski definition) is 3. The molecule has 0 saturated carbocycles. The highest BCUT2D eigenvalue weighted by atomic mass is 19.1. The van der Waals surface area contributed by atoms with Crippen LogP contribution in [-0.2, 0) is 11.3 Å². The molecule has 1 aliphatic rings. The van der Waals surface area contributed by atoms with Crippen LogP contribution in [0, 0.1) is 11.6 Å². The second-order valence-corrected chi connectivity index (χ2v) is 4.20. The Morgan fingerprint density at radius 2 is 1.94 bits per heavy atom. The molecule has 18 heavy (non-hydrogen) atoms. The van der Waals surface area contributed by atoms with Crippen LogP contribution < -0.4 is 16.0 Å². The van der Waals surface area contributed by atoms with Crippen molar-refractivity contribution < 1.29 is 13.6 Å². The number of nitrogens with two attached hydrogens (primary N) is 1. The smallest absolute Gasteiger partial charge is 0.221 e. The highest BCUT2D eigenvalue weighted by Gasteiger charge is 2.20. The Hall–Kier alpha value is -1.69. The lowest BCUT2D eigenvalue weighted by molar-refractivity contribution is -0.120. The van der Waals surface area contributed by atoms with Gasteiger partial charge in [0.1, 0.15) is 17.3 Å². The van der Waals surface area contributed by atoms with Gasteiger partial charge in [-0.05, 0) is 17.7 Å². The van der Waals surface area contributed by atoms with Gasteiger partial charge in [-0.25, -0.2) is 8.78 Å². The summed E-state index contributed by atoms with van der Waals surface area (Å²) in [7, 11) is 0. The van der Waals surface area contributed by atoms with Gasteiger partial charge in [-0.3, -0.25) is 4.79 Å². The van der Waals surface area contributed by atoms with E-state index in [2.05, 4.69) is 5.32 Å². The number of halogens is 2. The molecule has 0 aromatic heterocycles. The highest BCUT2D eigenvalue weighted by Crippen LogP contribution is 2.25. The monoisotopic (exact) mass is 255 g/mol. The summed E-state index contributed by atoms with van der Waals surface area (Å²) in [6, 6.07) is 2.47. The molecule has 0 unspecified atom stereocenters. The average molecular weight is 255 g/mol. The van der Waals surface area contributed by atoms with Gasteiger partial charge in [0.15, 0.2) is 0 Å². The number of amides is 1. The molecule has 3 N–H and O–H groups in total. The zero-order valence-corrected chi connectivity index (χ0v) is 9.88. The molecule has 4 nitrogen and oxygen atoms in total. The van der Waals surface area contributed by atoms with E-state index in [-0.39, 0.29) is 24.6 Å². The van der Waals surface area contributed by atoms with Gasteiger partial charge < -0.3 is 16.0 Å². The molecule has 1 fully saturated rings. The van der Waals surface area contributed by atoms with Gasteiger partial charge >= 0.3 is 0 Å². The number of nitrogens with zero attached hydrogens (tertiary/aromatic N) is 1. The minimum absolute atomic E-state index is 0.0799. The van der Waals surface area contributed by atoms with E-state index in [0.29, 0.717) is 25.2 Å². The third-order valence-electron chi connectivity index (χ3n) is 2.94. The van der Waals surface area contributed by atoms with Gasteiger partial charge in [0, 0.05) is 32.6 Å². The fourth-order valence-electron chi connectivity index (χ4n) is 2.03. The molecular weight excluding hydrogens is 240 g/mol. The number of nitrogens with one attached hydrogen (secondary N) is 1. The topological polar surface area (TPSA) is 58.4 Å². The maximum Gasteiger partial charge on any atom is 0.221 e. The Bertz CT molecular complexity index is 442. The maximum absolute atomic E-state index is 13.9. The molecule has 0 radical (unpaired) electrons. The van der Waals surface area contributed by atoms with Crippen molar-refractivity contribution in [2.75, 3.05) is 24.5 Å². The van der Waals surface area contributed by atoms with E-state index in [0.717, 1.165) is 0 Å². The zero-order valence-electron chi connectivity index (χ0n) is 9.88. The first-order valence-electron chi connectivity index (χ1n) is 5.81. The van der Waals surface area contributed by atoms with Crippen LogP contribution >= 0.6 is 0 Å². The largest absolute Gasteiger partial charge is 0.365 e. The predicted molar refractivity (Wildman–Crippen MR) is 64.1 cm³/mol. The van der Waals surface area contributed by atoms with Gasteiger partial charge in [0.25, 0.3) is 0 Å². The Kier molecular flexibility index (Phi) is 3.76. The minimum atomic E-state index is -0.634. The van der Waals surface area contributed by atoms with E-state index in [1.165, 1.54) is 12.1 Å². The number of rotatable bonds is 2. The number of hydrogen-bond donors (Lipinski definition) is 2. The Morgan fingerprint density at radius 3 is 2.56 bits per heavy atom. The number of anilines is 1. The Labute approximate surface area is 104 Å².